The van der Waals surface area contributed by atoms with E-state index in [4.69, 9.17) is 9.47 Å². The van der Waals surface area contributed by atoms with Gasteiger partial charge in [-0.2, -0.15) is 0 Å². The first-order valence-corrected chi connectivity index (χ1v) is 10.2. The van der Waals surface area contributed by atoms with Crippen molar-refractivity contribution in [1.82, 2.24) is 0 Å². The van der Waals surface area contributed by atoms with Crippen LogP contribution in [-0.2, 0) is 19.1 Å². The fraction of sp³-hybridized carbons (Fsp3) is 0.652. The SMILES string of the molecule is C=C1[C@@H]2C[C@@H](OC(C)=O)/C(=C\C)[C@H]2[C@H](C(C)C)[C@H](O)[C@H]1OC(=O)/C=C(\C)CC. The molecule has 2 saturated carbocycles. The first kappa shape index (κ1) is 22.4. The fourth-order valence-electron chi connectivity index (χ4n) is 4.79. The Morgan fingerprint density at radius 1 is 1.29 bits per heavy atom. The highest BCUT2D eigenvalue weighted by atomic mass is 16.6. The summed E-state index contributed by atoms with van der Waals surface area (Å²) in [6, 6.07) is 0. The normalized spacial score (nSPS) is 34.5. The summed E-state index contributed by atoms with van der Waals surface area (Å²) in [5.74, 6) is -0.697. The molecule has 0 aromatic rings. The van der Waals surface area contributed by atoms with Gasteiger partial charge in [0.1, 0.15) is 12.2 Å². The van der Waals surface area contributed by atoms with Crippen LogP contribution in [0.25, 0.3) is 0 Å². The van der Waals surface area contributed by atoms with Crippen LogP contribution in [-0.4, -0.2) is 35.4 Å². The van der Waals surface area contributed by atoms with Gasteiger partial charge in [0.25, 0.3) is 0 Å². The van der Waals surface area contributed by atoms with Gasteiger partial charge >= 0.3 is 11.9 Å². The van der Waals surface area contributed by atoms with Crippen molar-refractivity contribution < 1.29 is 24.2 Å². The molecule has 6 atom stereocenters. The van der Waals surface area contributed by atoms with Crippen molar-refractivity contribution in [3.05, 3.63) is 35.5 Å². The number of esters is 2. The summed E-state index contributed by atoms with van der Waals surface area (Å²) < 4.78 is 11.2. The number of carbonyl (C=O) groups excluding carboxylic acids is 2. The summed E-state index contributed by atoms with van der Waals surface area (Å²) in [6.07, 6.45) is 2.92. The Morgan fingerprint density at radius 3 is 2.43 bits per heavy atom. The lowest BCUT2D eigenvalue weighted by Gasteiger charge is -2.45. The van der Waals surface area contributed by atoms with E-state index in [1.54, 1.807) is 0 Å². The molecule has 0 amide bonds. The third-order valence-electron chi connectivity index (χ3n) is 6.20. The smallest absolute Gasteiger partial charge is 0.331 e. The molecule has 2 aliphatic rings. The minimum absolute atomic E-state index is 0.000372. The lowest BCUT2D eigenvalue weighted by molar-refractivity contribution is -0.153. The molecule has 0 aromatic carbocycles. The molecular weight excluding hydrogens is 356 g/mol. The molecule has 2 rings (SSSR count). The van der Waals surface area contributed by atoms with Crippen molar-refractivity contribution in [3.8, 4) is 0 Å². The predicted molar refractivity (Wildman–Crippen MR) is 108 cm³/mol. The number of aliphatic hydroxyl groups excluding tert-OH is 1. The quantitative estimate of drug-likeness (QED) is 0.437. The zero-order chi connectivity index (χ0) is 21.2. The number of hydrogen-bond acceptors (Lipinski definition) is 5. The zero-order valence-electron chi connectivity index (χ0n) is 17.9. The Labute approximate surface area is 168 Å². The standard InChI is InChI=1S/C23H34O5/c1-8-13(5)10-19(25)28-23-14(6)17-11-18(27-15(7)24)16(9-2)21(17)20(12(3)4)22(23)26/h9-10,12,17-18,20-23,26H,6,8,11H2,1-5,7H3/b13-10+,16-9+/t17-,18+,20-,21+,22-,23-/m0/s1. The molecule has 0 spiro atoms. The van der Waals surface area contributed by atoms with Gasteiger partial charge in [-0.3, -0.25) is 4.79 Å². The lowest BCUT2D eigenvalue weighted by atomic mass is 9.64. The third-order valence-corrected chi connectivity index (χ3v) is 6.20. The highest BCUT2D eigenvalue weighted by molar-refractivity contribution is 5.83. The van der Waals surface area contributed by atoms with E-state index in [0.717, 1.165) is 17.6 Å². The van der Waals surface area contributed by atoms with Crippen LogP contribution in [0.4, 0.5) is 0 Å². The molecule has 5 nitrogen and oxygen atoms in total. The van der Waals surface area contributed by atoms with Crippen molar-refractivity contribution in [3.63, 3.8) is 0 Å². The van der Waals surface area contributed by atoms with Crippen LogP contribution in [0.2, 0.25) is 0 Å². The summed E-state index contributed by atoms with van der Waals surface area (Å²) in [5, 5.41) is 11.1. The van der Waals surface area contributed by atoms with Crippen molar-refractivity contribution in [2.45, 2.75) is 72.7 Å². The molecule has 0 unspecified atom stereocenters. The van der Waals surface area contributed by atoms with Crippen LogP contribution in [0.5, 0.6) is 0 Å². The van der Waals surface area contributed by atoms with E-state index < -0.39 is 18.2 Å². The van der Waals surface area contributed by atoms with Crippen LogP contribution in [0.3, 0.4) is 0 Å². The topological polar surface area (TPSA) is 72.8 Å². The molecule has 28 heavy (non-hydrogen) atoms. The maximum Gasteiger partial charge on any atom is 0.331 e. The monoisotopic (exact) mass is 390 g/mol. The number of carbonyl (C=O) groups is 2. The molecule has 0 bridgehead atoms. The average Bonchev–Trinajstić information content (AvgIpc) is 2.95. The second-order valence-electron chi connectivity index (χ2n) is 8.34. The van der Waals surface area contributed by atoms with E-state index >= 15 is 0 Å². The minimum atomic E-state index is -0.848. The molecule has 0 saturated heterocycles. The molecule has 0 heterocycles. The second kappa shape index (κ2) is 9.08. The summed E-state index contributed by atoms with van der Waals surface area (Å²) in [4.78, 5) is 23.9. The van der Waals surface area contributed by atoms with Crippen LogP contribution in [0.1, 0.15) is 54.4 Å². The van der Waals surface area contributed by atoms with E-state index in [-0.39, 0.29) is 35.7 Å². The Hall–Kier alpha value is -1.88. The highest BCUT2D eigenvalue weighted by Crippen LogP contribution is 2.54. The molecule has 0 aromatic heterocycles. The average molecular weight is 391 g/mol. The van der Waals surface area contributed by atoms with E-state index in [9.17, 15) is 14.7 Å². The minimum Gasteiger partial charge on any atom is -0.458 e. The van der Waals surface area contributed by atoms with Crippen molar-refractivity contribution in [2.24, 2.45) is 23.7 Å². The third kappa shape index (κ3) is 4.40. The first-order valence-electron chi connectivity index (χ1n) is 10.2. The Balaban J connectivity index is 2.37. The van der Waals surface area contributed by atoms with E-state index in [1.807, 2.05) is 26.8 Å². The van der Waals surface area contributed by atoms with Gasteiger partial charge in [-0.05, 0) is 61.5 Å². The number of aliphatic hydroxyl groups is 1. The Kier molecular flexibility index (Phi) is 7.27. The van der Waals surface area contributed by atoms with Gasteiger partial charge in [0.2, 0.25) is 0 Å². The summed E-state index contributed by atoms with van der Waals surface area (Å²) in [7, 11) is 0. The first-order chi connectivity index (χ1) is 13.1. The number of rotatable bonds is 5. The molecule has 1 N–H and O–H groups in total. The van der Waals surface area contributed by atoms with Crippen molar-refractivity contribution in [1.29, 1.82) is 0 Å². The number of allylic oxidation sites excluding steroid dienone is 2. The van der Waals surface area contributed by atoms with Gasteiger partial charge in [0.15, 0.2) is 0 Å². The molecule has 2 aliphatic carbocycles. The molecule has 156 valence electrons. The summed E-state index contributed by atoms with van der Waals surface area (Å²) >= 11 is 0. The van der Waals surface area contributed by atoms with Gasteiger partial charge in [-0.1, -0.05) is 39.0 Å². The highest BCUT2D eigenvalue weighted by Gasteiger charge is 2.55. The van der Waals surface area contributed by atoms with E-state index in [0.29, 0.717) is 12.0 Å². The second-order valence-corrected chi connectivity index (χ2v) is 8.34. The van der Waals surface area contributed by atoms with Gasteiger partial charge < -0.3 is 14.6 Å². The van der Waals surface area contributed by atoms with Crippen LogP contribution >= 0.6 is 0 Å². The van der Waals surface area contributed by atoms with Crippen LogP contribution in [0.15, 0.2) is 35.5 Å². The molecule has 0 radical (unpaired) electrons. The maximum atomic E-state index is 12.3. The number of ether oxygens (including phenoxy) is 2. The molecular formula is C23H34O5. The zero-order valence-corrected chi connectivity index (χ0v) is 17.9. The maximum absolute atomic E-state index is 12.3. The van der Waals surface area contributed by atoms with Crippen molar-refractivity contribution >= 4 is 11.9 Å². The Bertz CT molecular complexity index is 687. The number of hydrogen-bond donors (Lipinski definition) is 1. The van der Waals surface area contributed by atoms with Gasteiger partial charge in [-0.15, -0.1) is 0 Å². The molecule has 5 heteroatoms. The van der Waals surface area contributed by atoms with E-state index in [2.05, 4.69) is 20.4 Å². The van der Waals surface area contributed by atoms with Crippen LogP contribution in [0, 0.1) is 23.7 Å². The predicted octanol–water partition coefficient (Wildman–Crippen LogP) is 3.97. The van der Waals surface area contributed by atoms with E-state index in [1.165, 1.54) is 13.0 Å². The van der Waals surface area contributed by atoms with Gasteiger partial charge in [-0.25, -0.2) is 4.79 Å². The van der Waals surface area contributed by atoms with Crippen LogP contribution < -0.4 is 0 Å². The fourth-order valence-corrected chi connectivity index (χ4v) is 4.79. The summed E-state index contributed by atoms with van der Waals surface area (Å²) in [6.45, 7) is 15.5. The molecule has 0 aliphatic heterocycles. The Morgan fingerprint density at radius 2 is 1.93 bits per heavy atom. The lowest BCUT2D eigenvalue weighted by Crippen LogP contribution is -2.50. The van der Waals surface area contributed by atoms with Gasteiger partial charge in [0, 0.05) is 13.0 Å². The number of fused-ring (bicyclic) bond motifs is 1. The largest absolute Gasteiger partial charge is 0.458 e. The summed E-state index contributed by atoms with van der Waals surface area (Å²) in [5.41, 5.74) is 2.66. The molecule has 2 fully saturated rings. The van der Waals surface area contributed by atoms with Crippen molar-refractivity contribution in [2.75, 3.05) is 0 Å². The van der Waals surface area contributed by atoms with Gasteiger partial charge in [0.05, 0.1) is 6.10 Å².